The normalized spacial score (nSPS) is 18.8. The first-order chi connectivity index (χ1) is 11.3. The number of pyridine rings is 1. The lowest BCUT2D eigenvalue weighted by atomic mass is 10.1. The van der Waals surface area contributed by atoms with Gasteiger partial charge in [-0.2, -0.15) is 0 Å². The number of carbonyl (C=O) groups is 1. The number of anilines is 1. The molecule has 0 spiro atoms. The van der Waals surface area contributed by atoms with E-state index >= 15 is 0 Å². The molecule has 1 aliphatic carbocycles. The van der Waals surface area contributed by atoms with Crippen LogP contribution in [0.25, 0.3) is 0 Å². The lowest BCUT2D eigenvalue weighted by Crippen LogP contribution is -2.42. The summed E-state index contributed by atoms with van der Waals surface area (Å²) in [4.78, 5) is 16.4. The summed E-state index contributed by atoms with van der Waals surface area (Å²) in [6.45, 7) is 3.44. The third kappa shape index (κ3) is 3.82. The van der Waals surface area contributed by atoms with Crippen molar-refractivity contribution in [2.45, 2.75) is 36.1 Å². The Morgan fingerprint density at radius 2 is 1.96 bits per heavy atom. The van der Waals surface area contributed by atoms with Crippen molar-refractivity contribution in [1.82, 2.24) is 4.98 Å². The molecule has 0 unspecified atom stereocenters. The zero-order valence-corrected chi connectivity index (χ0v) is 14.9. The van der Waals surface area contributed by atoms with Crippen LogP contribution in [0.3, 0.4) is 0 Å². The van der Waals surface area contributed by atoms with Crippen LogP contribution < -0.4 is 10.1 Å². The molecule has 0 aliphatic heterocycles. The van der Waals surface area contributed by atoms with Crippen molar-refractivity contribution in [3.63, 3.8) is 0 Å². The van der Waals surface area contributed by atoms with Gasteiger partial charge in [0.2, 0.25) is 0 Å². The highest BCUT2D eigenvalue weighted by Gasteiger charge is 2.52. The molecule has 1 fully saturated rings. The average Bonchev–Trinajstić information content (AvgIpc) is 3.17. The van der Waals surface area contributed by atoms with Crippen LogP contribution in [0.1, 0.15) is 31.7 Å². The quantitative estimate of drug-likeness (QED) is 0.792. The second kappa shape index (κ2) is 6.26. The van der Waals surface area contributed by atoms with Gasteiger partial charge in [-0.25, -0.2) is 0 Å². The molecule has 0 bridgehead atoms. The highest BCUT2D eigenvalue weighted by molar-refractivity contribution is 6.51. The third-order valence-electron chi connectivity index (χ3n) is 3.95. The predicted octanol–water partition coefficient (Wildman–Crippen LogP) is 4.54. The summed E-state index contributed by atoms with van der Waals surface area (Å²) in [6, 6.07) is 11.1. The van der Waals surface area contributed by atoms with Crippen LogP contribution in [0, 0.1) is 0 Å². The lowest BCUT2D eigenvalue weighted by molar-refractivity contribution is -0.128. The summed E-state index contributed by atoms with van der Waals surface area (Å²) < 4.78 is 5.20. The van der Waals surface area contributed by atoms with Crippen molar-refractivity contribution in [3.05, 3.63) is 54.4 Å². The Labute approximate surface area is 151 Å². The van der Waals surface area contributed by atoms with Gasteiger partial charge in [0.25, 0.3) is 5.91 Å². The molecule has 1 N–H and O–H groups in total. The Morgan fingerprint density at radius 1 is 1.29 bits per heavy atom. The molecule has 24 heavy (non-hydrogen) atoms. The molecular weight excluding hydrogens is 347 g/mol. The number of aromatic nitrogens is 1. The van der Waals surface area contributed by atoms with Gasteiger partial charge >= 0.3 is 0 Å². The number of hydrogen-bond donors (Lipinski definition) is 1. The van der Waals surface area contributed by atoms with Gasteiger partial charge in [0, 0.05) is 12.1 Å². The van der Waals surface area contributed by atoms with Crippen molar-refractivity contribution < 1.29 is 9.53 Å². The van der Waals surface area contributed by atoms with E-state index in [4.69, 9.17) is 27.9 Å². The van der Waals surface area contributed by atoms with Crippen molar-refractivity contribution in [3.8, 4) is 5.75 Å². The summed E-state index contributed by atoms with van der Waals surface area (Å²) in [6.07, 6.45) is 3.99. The van der Waals surface area contributed by atoms with E-state index in [1.165, 1.54) is 0 Å². The molecule has 126 valence electrons. The average molecular weight is 365 g/mol. The van der Waals surface area contributed by atoms with Crippen molar-refractivity contribution in [2.24, 2.45) is 0 Å². The SMILES string of the molecule is CC(C)(Oc1ccc([C@@H]2CC2(Cl)Cl)cc1)C(=O)Nc1cccnc1. The van der Waals surface area contributed by atoms with Gasteiger partial charge in [0.15, 0.2) is 5.60 Å². The highest BCUT2D eigenvalue weighted by atomic mass is 35.5. The van der Waals surface area contributed by atoms with Crippen LogP contribution in [-0.2, 0) is 4.79 Å². The number of nitrogens with zero attached hydrogens (tertiary/aromatic N) is 1. The van der Waals surface area contributed by atoms with E-state index in [9.17, 15) is 4.79 Å². The zero-order chi connectivity index (χ0) is 17.4. The van der Waals surface area contributed by atoms with Crippen LogP contribution in [0.5, 0.6) is 5.75 Å². The van der Waals surface area contributed by atoms with E-state index in [0.717, 1.165) is 12.0 Å². The number of amides is 1. The number of ether oxygens (including phenoxy) is 1. The number of nitrogens with one attached hydrogen (secondary N) is 1. The Kier molecular flexibility index (Phi) is 4.45. The molecule has 1 aliphatic rings. The monoisotopic (exact) mass is 364 g/mol. The molecular formula is C18H18Cl2N2O2. The van der Waals surface area contributed by atoms with Gasteiger partial charge < -0.3 is 10.1 Å². The molecule has 1 aromatic heterocycles. The number of hydrogen-bond acceptors (Lipinski definition) is 3. The highest BCUT2D eigenvalue weighted by Crippen LogP contribution is 2.59. The number of alkyl halides is 2. The maximum atomic E-state index is 12.4. The van der Waals surface area contributed by atoms with Crippen LogP contribution in [-0.4, -0.2) is 20.8 Å². The Balaban J connectivity index is 1.64. The first-order valence-corrected chi connectivity index (χ1v) is 8.42. The summed E-state index contributed by atoms with van der Waals surface area (Å²) in [5.41, 5.74) is 0.674. The fourth-order valence-electron chi connectivity index (χ4n) is 2.40. The van der Waals surface area contributed by atoms with Crippen molar-refractivity contribution in [2.75, 3.05) is 5.32 Å². The Bertz CT molecular complexity index is 730. The minimum Gasteiger partial charge on any atom is -0.478 e. The summed E-state index contributed by atoms with van der Waals surface area (Å²) in [7, 11) is 0. The van der Waals surface area contributed by atoms with Gasteiger partial charge in [0.1, 0.15) is 10.1 Å². The molecule has 1 heterocycles. The second-order valence-electron chi connectivity index (χ2n) is 6.39. The fourth-order valence-corrected chi connectivity index (χ4v) is 2.96. The van der Waals surface area contributed by atoms with Crippen molar-refractivity contribution >= 4 is 34.8 Å². The maximum Gasteiger partial charge on any atom is 0.268 e. The van der Waals surface area contributed by atoms with Gasteiger partial charge in [-0.05, 0) is 50.1 Å². The van der Waals surface area contributed by atoms with Crippen LogP contribution in [0.4, 0.5) is 5.69 Å². The van der Waals surface area contributed by atoms with Gasteiger partial charge in [-0.15, -0.1) is 23.2 Å². The second-order valence-corrected chi connectivity index (χ2v) is 7.94. The summed E-state index contributed by atoms with van der Waals surface area (Å²) in [5.74, 6) is 0.527. The maximum absolute atomic E-state index is 12.4. The first kappa shape index (κ1) is 17.1. The molecule has 6 heteroatoms. The predicted molar refractivity (Wildman–Crippen MR) is 95.8 cm³/mol. The first-order valence-electron chi connectivity index (χ1n) is 7.66. The zero-order valence-electron chi connectivity index (χ0n) is 13.4. The molecule has 1 saturated carbocycles. The smallest absolute Gasteiger partial charge is 0.268 e. The molecule has 1 aromatic carbocycles. The Morgan fingerprint density at radius 3 is 2.50 bits per heavy atom. The molecule has 1 atom stereocenters. The topological polar surface area (TPSA) is 51.2 Å². The van der Waals surface area contributed by atoms with E-state index in [1.54, 1.807) is 38.4 Å². The van der Waals surface area contributed by atoms with E-state index in [-0.39, 0.29) is 11.8 Å². The van der Waals surface area contributed by atoms with Gasteiger partial charge in [0.05, 0.1) is 11.9 Å². The summed E-state index contributed by atoms with van der Waals surface area (Å²) >= 11 is 12.2. The van der Waals surface area contributed by atoms with Crippen LogP contribution in [0.2, 0.25) is 0 Å². The number of rotatable bonds is 5. The number of benzene rings is 1. The van der Waals surface area contributed by atoms with Gasteiger partial charge in [-0.1, -0.05) is 12.1 Å². The molecule has 0 radical (unpaired) electrons. The Hall–Kier alpha value is -1.78. The minimum absolute atomic E-state index is 0.164. The van der Waals surface area contributed by atoms with Crippen molar-refractivity contribution in [1.29, 1.82) is 0 Å². The van der Waals surface area contributed by atoms with E-state index in [0.29, 0.717) is 11.4 Å². The summed E-state index contributed by atoms with van der Waals surface area (Å²) in [5, 5.41) is 2.79. The minimum atomic E-state index is -1.03. The van der Waals surface area contributed by atoms with Crippen LogP contribution >= 0.6 is 23.2 Å². The van der Waals surface area contributed by atoms with Gasteiger partial charge in [-0.3, -0.25) is 9.78 Å². The van der Waals surface area contributed by atoms with E-state index in [2.05, 4.69) is 10.3 Å². The fraction of sp³-hybridized carbons (Fsp3) is 0.333. The molecule has 4 nitrogen and oxygen atoms in total. The number of halogens is 2. The molecule has 3 rings (SSSR count). The largest absolute Gasteiger partial charge is 0.478 e. The van der Waals surface area contributed by atoms with E-state index < -0.39 is 9.93 Å². The number of carbonyl (C=O) groups excluding carboxylic acids is 1. The lowest BCUT2D eigenvalue weighted by Gasteiger charge is -2.25. The molecule has 1 amide bonds. The van der Waals surface area contributed by atoms with E-state index in [1.807, 2.05) is 24.3 Å². The molecule has 0 saturated heterocycles. The molecule has 2 aromatic rings. The van der Waals surface area contributed by atoms with Crippen LogP contribution in [0.15, 0.2) is 48.8 Å². The standard InChI is InChI=1S/C18H18Cl2N2O2/c1-17(2,16(23)22-13-4-3-9-21-11-13)24-14-7-5-12(6-8-14)15-10-18(15,19)20/h3-9,11,15H,10H2,1-2H3,(H,22,23)/t15-/m0/s1. The third-order valence-corrected chi connectivity index (χ3v) is 4.78.